The van der Waals surface area contributed by atoms with Gasteiger partial charge in [-0.2, -0.15) is 5.10 Å². The molecule has 1 amide bonds. The van der Waals surface area contributed by atoms with Crippen molar-refractivity contribution in [3.8, 4) is 0 Å². The zero-order valence-corrected chi connectivity index (χ0v) is 11.7. The van der Waals surface area contributed by atoms with Gasteiger partial charge in [0.05, 0.1) is 6.21 Å². The van der Waals surface area contributed by atoms with Crippen LogP contribution in [0.5, 0.6) is 0 Å². The summed E-state index contributed by atoms with van der Waals surface area (Å²) in [5.74, 6) is -0.602. The number of nitrogens with one attached hydrogen (secondary N) is 4. The van der Waals surface area contributed by atoms with Crippen molar-refractivity contribution < 1.29 is 4.79 Å². The molecule has 0 aliphatic rings. The number of anilines is 1. The maximum Gasteiger partial charge on any atom is 0.342 e. The lowest BCUT2D eigenvalue weighted by Gasteiger charge is -2.10. The molecule has 2 aromatic heterocycles. The Labute approximate surface area is 122 Å². The Kier molecular flexibility index (Phi) is 4.61. The molecule has 9 nitrogen and oxygen atoms in total. The van der Waals surface area contributed by atoms with Crippen molar-refractivity contribution in [2.45, 2.75) is 13.0 Å². The molecule has 21 heavy (non-hydrogen) atoms. The van der Waals surface area contributed by atoms with Gasteiger partial charge in [-0.25, -0.2) is 15.3 Å². The highest BCUT2D eigenvalue weighted by Gasteiger charge is 2.14. The summed E-state index contributed by atoms with van der Waals surface area (Å²) in [5.41, 5.74) is 0.907. The molecular formula is C11H12N6O3S. The summed E-state index contributed by atoms with van der Waals surface area (Å²) in [6, 6.07) is 2.96. The molecule has 0 saturated heterocycles. The van der Waals surface area contributed by atoms with Crippen LogP contribution in [-0.4, -0.2) is 33.3 Å². The first-order chi connectivity index (χ1) is 10.1. The largest absolute Gasteiger partial charge is 0.353 e. The molecule has 1 unspecified atom stereocenters. The van der Waals surface area contributed by atoms with Gasteiger partial charge in [-0.3, -0.25) is 14.6 Å². The van der Waals surface area contributed by atoms with E-state index in [-0.39, 0.29) is 5.82 Å². The van der Waals surface area contributed by atoms with E-state index in [1.165, 1.54) is 24.5 Å². The minimum Gasteiger partial charge on any atom is -0.353 e. The van der Waals surface area contributed by atoms with Crippen LogP contribution in [0.1, 0.15) is 11.8 Å². The van der Waals surface area contributed by atoms with Gasteiger partial charge in [0, 0.05) is 4.88 Å². The molecule has 0 aromatic carbocycles. The highest BCUT2D eigenvalue weighted by molar-refractivity contribution is 7.11. The Morgan fingerprint density at radius 2 is 2.33 bits per heavy atom. The minimum absolute atomic E-state index is 0.153. The average molecular weight is 308 g/mol. The van der Waals surface area contributed by atoms with Gasteiger partial charge >= 0.3 is 5.69 Å². The third kappa shape index (κ3) is 4.11. The smallest absolute Gasteiger partial charge is 0.342 e. The average Bonchev–Trinajstić information content (AvgIpc) is 2.95. The zero-order chi connectivity index (χ0) is 15.2. The van der Waals surface area contributed by atoms with Gasteiger partial charge in [-0.15, -0.1) is 16.4 Å². The molecule has 2 aromatic rings. The van der Waals surface area contributed by atoms with E-state index in [9.17, 15) is 14.4 Å². The summed E-state index contributed by atoms with van der Waals surface area (Å²) in [6.07, 6.45) is 1.51. The van der Waals surface area contributed by atoms with E-state index >= 15 is 0 Å². The molecule has 0 spiro atoms. The Morgan fingerprint density at radius 3 is 3.00 bits per heavy atom. The van der Waals surface area contributed by atoms with Gasteiger partial charge in [0.2, 0.25) is 5.82 Å². The minimum atomic E-state index is -0.759. The van der Waals surface area contributed by atoms with Crippen LogP contribution in [0, 0.1) is 0 Å². The molecule has 2 rings (SSSR count). The van der Waals surface area contributed by atoms with Gasteiger partial charge in [-0.1, -0.05) is 6.07 Å². The molecule has 0 saturated carbocycles. The van der Waals surface area contributed by atoms with Crippen molar-refractivity contribution in [2.24, 2.45) is 5.10 Å². The number of carbonyl (C=O) groups is 1. The van der Waals surface area contributed by atoms with Gasteiger partial charge in [0.25, 0.3) is 11.5 Å². The fourth-order valence-corrected chi connectivity index (χ4v) is 1.92. The molecule has 10 heteroatoms. The van der Waals surface area contributed by atoms with Crippen molar-refractivity contribution in [3.63, 3.8) is 0 Å². The number of thiophene rings is 1. The van der Waals surface area contributed by atoms with Crippen LogP contribution in [0.2, 0.25) is 0 Å². The SMILES string of the molecule is CC(Nc1n[nH]c(=O)[nH]c1=O)C(=O)N/N=C/c1cccs1. The number of hydrogen-bond donors (Lipinski definition) is 4. The lowest BCUT2D eigenvalue weighted by Crippen LogP contribution is -2.38. The van der Waals surface area contributed by atoms with Gasteiger partial charge in [0.15, 0.2) is 0 Å². The number of amides is 1. The van der Waals surface area contributed by atoms with Crippen LogP contribution in [-0.2, 0) is 4.79 Å². The Bertz CT molecular complexity index is 748. The summed E-state index contributed by atoms with van der Waals surface area (Å²) >= 11 is 1.48. The van der Waals surface area contributed by atoms with Crippen LogP contribution in [0.3, 0.4) is 0 Å². The number of hydrogen-bond acceptors (Lipinski definition) is 7. The Balaban J connectivity index is 1.93. The highest BCUT2D eigenvalue weighted by atomic mass is 32.1. The second kappa shape index (κ2) is 6.61. The van der Waals surface area contributed by atoms with E-state index in [4.69, 9.17) is 0 Å². The van der Waals surface area contributed by atoms with E-state index < -0.39 is 23.2 Å². The zero-order valence-electron chi connectivity index (χ0n) is 10.9. The van der Waals surface area contributed by atoms with Crippen LogP contribution < -0.4 is 22.0 Å². The molecule has 110 valence electrons. The number of carbonyl (C=O) groups excluding carboxylic acids is 1. The van der Waals surface area contributed by atoms with Gasteiger partial charge < -0.3 is 5.32 Å². The fraction of sp³-hybridized carbons (Fsp3) is 0.182. The van der Waals surface area contributed by atoms with Crippen molar-refractivity contribution in [1.82, 2.24) is 20.6 Å². The molecule has 0 fully saturated rings. The second-order valence-corrected chi connectivity index (χ2v) is 4.95. The summed E-state index contributed by atoms with van der Waals surface area (Å²) < 4.78 is 0. The standard InChI is InChI=1S/C11H12N6O3S/c1-6(13-8-10(19)14-11(20)17-15-8)9(18)16-12-5-7-3-2-4-21-7/h2-6H,1H3,(H,13,15)(H,16,18)(H2,14,17,19,20)/b12-5+. The van der Waals surface area contributed by atoms with E-state index in [0.717, 1.165) is 4.88 Å². The lowest BCUT2D eigenvalue weighted by molar-refractivity contribution is -0.121. The maximum atomic E-state index is 11.8. The molecule has 0 bridgehead atoms. The molecule has 2 heterocycles. The van der Waals surface area contributed by atoms with Crippen LogP contribution in [0.25, 0.3) is 0 Å². The van der Waals surface area contributed by atoms with Crippen molar-refractivity contribution >= 4 is 29.3 Å². The summed E-state index contributed by atoms with van der Waals surface area (Å²) in [7, 11) is 0. The summed E-state index contributed by atoms with van der Waals surface area (Å²) in [4.78, 5) is 36.9. The first kappa shape index (κ1) is 14.7. The number of H-pyrrole nitrogens is 2. The normalized spacial score (nSPS) is 12.2. The molecule has 0 aliphatic heterocycles. The molecule has 0 aliphatic carbocycles. The molecule has 1 atom stereocenters. The topological polar surface area (TPSA) is 132 Å². The van der Waals surface area contributed by atoms with Gasteiger partial charge in [0.1, 0.15) is 6.04 Å². The highest BCUT2D eigenvalue weighted by Crippen LogP contribution is 2.04. The van der Waals surface area contributed by atoms with Gasteiger partial charge in [-0.05, 0) is 18.4 Å². The summed E-state index contributed by atoms with van der Waals surface area (Å²) in [6.45, 7) is 1.53. The molecular weight excluding hydrogens is 296 g/mol. The monoisotopic (exact) mass is 308 g/mol. The van der Waals surface area contributed by atoms with Crippen LogP contribution in [0.4, 0.5) is 5.82 Å². The van der Waals surface area contributed by atoms with Crippen molar-refractivity contribution in [1.29, 1.82) is 0 Å². The van der Waals surface area contributed by atoms with E-state index in [1.54, 1.807) is 0 Å². The maximum absolute atomic E-state index is 11.8. The predicted octanol–water partition coefficient (Wildman–Crippen LogP) is -0.530. The second-order valence-electron chi connectivity index (χ2n) is 3.97. The van der Waals surface area contributed by atoms with E-state index in [2.05, 4.69) is 26.0 Å². The predicted molar refractivity (Wildman–Crippen MR) is 78.6 cm³/mol. The number of hydrazone groups is 1. The van der Waals surface area contributed by atoms with E-state index in [1.807, 2.05) is 22.5 Å². The van der Waals surface area contributed by atoms with Crippen molar-refractivity contribution in [3.05, 3.63) is 43.2 Å². The first-order valence-corrected chi connectivity index (χ1v) is 6.76. The Morgan fingerprint density at radius 1 is 1.52 bits per heavy atom. The van der Waals surface area contributed by atoms with E-state index in [0.29, 0.717) is 0 Å². The molecule has 4 N–H and O–H groups in total. The lowest BCUT2D eigenvalue weighted by atomic mass is 10.3. The summed E-state index contributed by atoms with van der Waals surface area (Å²) in [5, 5.41) is 13.8. The number of aromatic amines is 2. The number of nitrogens with zero attached hydrogens (tertiary/aromatic N) is 2. The number of aromatic nitrogens is 3. The quantitative estimate of drug-likeness (QED) is 0.435. The fourth-order valence-electron chi connectivity index (χ4n) is 1.34. The first-order valence-electron chi connectivity index (χ1n) is 5.88. The Hall–Kier alpha value is -2.75. The van der Waals surface area contributed by atoms with Crippen LogP contribution in [0.15, 0.2) is 32.2 Å². The number of rotatable bonds is 5. The third-order valence-electron chi connectivity index (χ3n) is 2.37. The van der Waals surface area contributed by atoms with Crippen molar-refractivity contribution in [2.75, 3.05) is 5.32 Å². The molecule has 0 radical (unpaired) electrons. The van der Waals surface area contributed by atoms with Crippen LogP contribution >= 0.6 is 11.3 Å². The third-order valence-corrected chi connectivity index (χ3v) is 3.17.